The zero-order valence-corrected chi connectivity index (χ0v) is 11.2. The molecule has 0 heterocycles. The zero-order valence-electron chi connectivity index (χ0n) is 11.2. The Morgan fingerprint density at radius 2 is 1.71 bits per heavy atom. The molecular weight excluding hydrogens is 214 g/mol. The molecule has 1 unspecified atom stereocenters. The third-order valence-corrected chi connectivity index (χ3v) is 3.31. The van der Waals surface area contributed by atoms with E-state index in [2.05, 4.69) is 11.4 Å². The number of carbonyl (C=O) groups is 1. The van der Waals surface area contributed by atoms with Crippen LogP contribution in [0, 0.1) is 27.7 Å². The van der Waals surface area contributed by atoms with Gasteiger partial charge in [-0.2, -0.15) is 0 Å². The summed E-state index contributed by atoms with van der Waals surface area (Å²) >= 11 is 0. The third-order valence-electron chi connectivity index (χ3n) is 3.31. The van der Waals surface area contributed by atoms with Gasteiger partial charge in [0.25, 0.3) is 0 Å². The molecule has 0 aliphatic carbocycles. The van der Waals surface area contributed by atoms with Crippen LogP contribution in [-0.2, 0) is 0 Å². The first-order valence-electron chi connectivity index (χ1n) is 5.84. The standard InChI is InChI=1S/C14H21NO2/c1-8-6-9(2)11(4)13(10(8)3)14(17)12(16)7-15-5/h6,12,15-16H,7H2,1-5H3. The number of carbonyl (C=O) groups excluding carboxylic acids is 1. The number of likely N-dealkylation sites (N-methyl/N-ethyl adjacent to an activating group) is 1. The van der Waals surface area contributed by atoms with Crippen LogP contribution >= 0.6 is 0 Å². The molecule has 2 N–H and O–H groups in total. The lowest BCUT2D eigenvalue weighted by Gasteiger charge is -2.17. The fourth-order valence-corrected chi connectivity index (χ4v) is 2.04. The molecule has 0 saturated heterocycles. The van der Waals surface area contributed by atoms with Crippen LogP contribution in [0.3, 0.4) is 0 Å². The molecule has 0 spiro atoms. The molecule has 0 aromatic heterocycles. The number of Topliss-reactive ketones (excluding diaryl/α,β-unsaturated/α-hetero) is 1. The van der Waals surface area contributed by atoms with E-state index in [1.165, 1.54) is 0 Å². The van der Waals surface area contributed by atoms with Crippen molar-refractivity contribution in [2.24, 2.45) is 0 Å². The second kappa shape index (κ2) is 5.43. The Morgan fingerprint density at radius 3 is 2.12 bits per heavy atom. The van der Waals surface area contributed by atoms with Crippen molar-refractivity contribution in [2.45, 2.75) is 33.8 Å². The second-order valence-corrected chi connectivity index (χ2v) is 4.57. The molecule has 0 saturated carbocycles. The number of hydrogen-bond acceptors (Lipinski definition) is 3. The second-order valence-electron chi connectivity index (χ2n) is 4.57. The molecule has 0 fully saturated rings. The summed E-state index contributed by atoms with van der Waals surface area (Å²) < 4.78 is 0. The van der Waals surface area contributed by atoms with Crippen LogP contribution in [0.5, 0.6) is 0 Å². The average molecular weight is 235 g/mol. The first kappa shape index (κ1) is 13.9. The highest BCUT2D eigenvalue weighted by molar-refractivity contribution is 6.02. The van der Waals surface area contributed by atoms with Crippen molar-refractivity contribution in [3.8, 4) is 0 Å². The molecule has 1 atom stereocenters. The smallest absolute Gasteiger partial charge is 0.193 e. The minimum atomic E-state index is -0.974. The van der Waals surface area contributed by atoms with E-state index < -0.39 is 6.10 Å². The average Bonchev–Trinajstić information content (AvgIpc) is 2.27. The molecule has 3 heteroatoms. The number of rotatable bonds is 4. The fourth-order valence-electron chi connectivity index (χ4n) is 2.04. The van der Waals surface area contributed by atoms with E-state index in [4.69, 9.17) is 0 Å². The predicted molar refractivity (Wildman–Crippen MR) is 69.7 cm³/mol. The number of benzene rings is 1. The van der Waals surface area contributed by atoms with Gasteiger partial charge in [-0.1, -0.05) is 6.07 Å². The summed E-state index contributed by atoms with van der Waals surface area (Å²) in [7, 11) is 1.72. The third kappa shape index (κ3) is 2.73. The molecule has 0 aliphatic heterocycles. The van der Waals surface area contributed by atoms with Crippen LogP contribution in [0.25, 0.3) is 0 Å². The quantitative estimate of drug-likeness (QED) is 0.781. The minimum Gasteiger partial charge on any atom is -0.384 e. The topological polar surface area (TPSA) is 49.3 Å². The summed E-state index contributed by atoms with van der Waals surface area (Å²) in [5.74, 6) is -0.193. The normalized spacial score (nSPS) is 12.6. The molecule has 0 radical (unpaired) electrons. The highest BCUT2D eigenvalue weighted by Gasteiger charge is 2.21. The van der Waals surface area contributed by atoms with Gasteiger partial charge in [0, 0.05) is 12.1 Å². The first-order chi connectivity index (χ1) is 7.90. The van der Waals surface area contributed by atoms with E-state index >= 15 is 0 Å². The van der Waals surface area contributed by atoms with Crippen molar-refractivity contribution in [1.82, 2.24) is 5.32 Å². The van der Waals surface area contributed by atoms with E-state index in [0.717, 1.165) is 22.3 Å². The Kier molecular flexibility index (Phi) is 4.43. The van der Waals surface area contributed by atoms with Crippen molar-refractivity contribution in [2.75, 3.05) is 13.6 Å². The van der Waals surface area contributed by atoms with E-state index in [9.17, 15) is 9.90 Å². The highest BCUT2D eigenvalue weighted by Crippen LogP contribution is 2.22. The Hall–Kier alpha value is -1.19. The Labute approximate surface area is 103 Å². The van der Waals surface area contributed by atoms with E-state index in [-0.39, 0.29) is 12.3 Å². The molecule has 1 rings (SSSR count). The monoisotopic (exact) mass is 235 g/mol. The number of aliphatic hydroxyl groups is 1. The molecule has 17 heavy (non-hydrogen) atoms. The number of ketones is 1. The summed E-state index contributed by atoms with van der Waals surface area (Å²) in [6, 6.07) is 2.08. The van der Waals surface area contributed by atoms with Gasteiger partial charge in [-0.15, -0.1) is 0 Å². The highest BCUT2D eigenvalue weighted by atomic mass is 16.3. The molecule has 1 aromatic rings. The van der Waals surface area contributed by atoms with Gasteiger partial charge in [0.2, 0.25) is 0 Å². The van der Waals surface area contributed by atoms with Crippen LogP contribution < -0.4 is 5.32 Å². The molecule has 1 aromatic carbocycles. The molecule has 0 bridgehead atoms. The summed E-state index contributed by atoms with van der Waals surface area (Å²) in [4.78, 5) is 12.2. The van der Waals surface area contributed by atoms with Crippen molar-refractivity contribution < 1.29 is 9.90 Å². The Morgan fingerprint density at radius 1 is 1.24 bits per heavy atom. The van der Waals surface area contributed by atoms with Gasteiger partial charge in [0.1, 0.15) is 6.10 Å². The number of hydrogen-bond donors (Lipinski definition) is 2. The van der Waals surface area contributed by atoms with Crippen LogP contribution in [0.1, 0.15) is 32.6 Å². The first-order valence-corrected chi connectivity index (χ1v) is 5.84. The number of aliphatic hydroxyl groups excluding tert-OH is 1. The molecule has 0 amide bonds. The number of aryl methyl sites for hydroxylation is 2. The lowest BCUT2D eigenvalue weighted by molar-refractivity contribution is 0.0749. The Balaban J connectivity index is 3.26. The van der Waals surface area contributed by atoms with Crippen LogP contribution in [-0.4, -0.2) is 30.6 Å². The molecule has 0 aliphatic rings. The van der Waals surface area contributed by atoms with E-state index in [0.29, 0.717) is 5.56 Å². The lowest BCUT2D eigenvalue weighted by atomic mass is 9.90. The maximum Gasteiger partial charge on any atom is 0.193 e. The van der Waals surface area contributed by atoms with E-state index in [1.807, 2.05) is 27.7 Å². The van der Waals surface area contributed by atoms with Gasteiger partial charge in [-0.05, 0) is 57.0 Å². The van der Waals surface area contributed by atoms with Gasteiger partial charge in [-0.25, -0.2) is 0 Å². The minimum absolute atomic E-state index is 0.193. The van der Waals surface area contributed by atoms with Crippen LogP contribution in [0.15, 0.2) is 6.07 Å². The van der Waals surface area contributed by atoms with Gasteiger partial charge >= 0.3 is 0 Å². The fraction of sp³-hybridized carbons (Fsp3) is 0.500. The largest absolute Gasteiger partial charge is 0.384 e. The maximum absolute atomic E-state index is 12.2. The van der Waals surface area contributed by atoms with Gasteiger partial charge in [0.15, 0.2) is 5.78 Å². The SMILES string of the molecule is CNCC(O)C(=O)c1c(C)c(C)cc(C)c1C. The molecular formula is C14H21NO2. The summed E-state index contributed by atoms with van der Waals surface area (Å²) in [6.07, 6.45) is -0.974. The predicted octanol–water partition coefficient (Wildman–Crippen LogP) is 1.68. The van der Waals surface area contributed by atoms with Gasteiger partial charge in [0.05, 0.1) is 0 Å². The van der Waals surface area contributed by atoms with Crippen LogP contribution in [0.2, 0.25) is 0 Å². The summed E-state index contributed by atoms with van der Waals surface area (Å²) in [6.45, 7) is 8.12. The molecule has 3 nitrogen and oxygen atoms in total. The zero-order chi connectivity index (χ0) is 13.2. The van der Waals surface area contributed by atoms with Crippen molar-refractivity contribution in [3.63, 3.8) is 0 Å². The van der Waals surface area contributed by atoms with Gasteiger partial charge < -0.3 is 10.4 Å². The summed E-state index contributed by atoms with van der Waals surface area (Å²) in [5, 5.41) is 12.6. The number of nitrogens with one attached hydrogen (secondary N) is 1. The maximum atomic E-state index is 12.2. The van der Waals surface area contributed by atoms with Gasteiger partial charge in [-0.3, -0.25) is 4.79 Å². The van der Waals surface area contributed by atoms with Crippen molar-refractivity contribution in [3.05, 3.63) is 33.9 Å². The van der Waals surface area contributed by atoms with Crippen LogP contribution in [0.4, 0.5) is 0 Å². The molecule has 94 valence electrons. The van der Waals surface area contributed by atoms with Crippen molar-refractivity contribution in [1.29, 1.82) is 0 Å². The van der Waals surface area contributed by atoms with Crippen molar-refractivity contribution >= 4 is 5.78 Å². The summed E-state index contributed by atoms with van der Waals surface area (Å²) in [5.41, 5.74) is 4.79. The Bertz CT molecular complexity index is 412. The lowest BCUT2D eigenvalue weighted by Crippen LogP contribution is -2.32. The van der Waals surface area contributed by atoms with E-state index in [1.54, 1.807) is 7.05 Å².